The Labute approximate surface area is 135 Å². The second-order valence-electron chi connectivity index (χ2n) is 4.61. The molecule has 0 fully saturated rings. The van der Waals surface area contributed by atoms with E-state index in [1.807, 2.05) is 18.2 Å². The van der Waals surface area contributed by atoms with Gasteiger partial charge in [-0.2, -0.15) is 0 Å². The first kappa shape index (κ1) is 15.7. The summed E-state index contributed by atoms with van der Waals surface area (Å²) in [6.07, 6.45) is 0.866. The van der Waals surface area contributed by atoms with Crippen LogP contribution in [0.2, 0.25) is 0 Å². The second-order valence-corrected chi connectivity index (χ2v) is 6.38. The van der Waals surface area contributed by atoms with E-state index in [4.69, 9.17) is 0 Å². The lowest BCUT2D eigenvalue weighted by Gasteiger charge is -2.20. The van der Waals surface area contributed by atoms with Gasteiger partial charge in [0, 0.05) is 15.0 Å². The Hall–Kier alpha value is -0.710. The Balaban J connectivity index is 2.24. The molecule has 1 nitrogen and oxygen atoms in total. The normalized spacial score (nSPS) is 12.4. The van der Waals surface area contributed by atoms with Crippen LogP contribution in [0.1, 0.15) is 24.1 Å². The average Bonchev–Trinajstić information content (AvgIpc) is 2.41. The van der Waals surface area contributed by atoms with Crippen LogP contribution in [0.15, 0.2) is 51.4 Å². The number of rotatable bonds is 5. The smallest absolute Gasteiger partial charge is 0.124 e. The molecule has 106 valence electrons. The van der Waals surface area contributed by atoms with Crippen LogP contribution < -0.4 is 5.32 Å². The quantitative estimate of drug-likeness (QED) is 0.723. The van der Waals surface area contributed by atoms with Crippen molar-refractivity contribution in [2.75, 3.05) is 6.54 Å². The first-order valence-corrected chi connectivity index (χ1v) is 8.11. The van der Waals surface area contributed by atoms with Crippen LogP contribution in [-0.2, 0) is 6.42 Å². The molecule has 1 unspecified atom stereocenters. The van der Waals surface area contributed by atoms with Gasteiger partial charge in [-0.3, -0.25) is 0 Å². The first-order valence-electron chi connectivity index (χ1n) is 6.53. The molecule has 0 aliphatic rings. The van der Waals surface area contributed by atoms with Gasteiger partial charge in [0.2, 0.25) is 0 Å². The SMILES string of the molecule is CCNC(Cc1ccc(Br)cc1)c1ccc(F)cc1Br. The Morgan fingerprint density at radius 3 is 2.40 bits per heavy atom. The lowest BCUT2D eigenvalue weighted by atomic mass is 9.99. The zero-order valence-corrected chi connectivity index (χ0v) is 14.3. The standard InChI is InChI=1S/C16H16Br2FN/c1-2-20-16(9-11-3-5-12(17)6-4-11)14-8-7-13(19)10-15(14)18/h3-8,10,16,20H,2,9H2,1H3. The highest BCUT2D eigenvalue weighted by atomic mass is 79.9. The minimum atomic E-state index is -0.223. The molecule has 0 amide bonds. The monoisotopic (exact) mass is 399 g/mol. The topological polar surface area (TPSA) is 12.0 Å². The summed E-state index contributed by atoms with van der Waals surface area (Å²) in [4.78, 5) is 0. The lowest BCUT2D eigenvalue weighted by molar-refractivity contribution is 0.545. The maximum atomic E-state index is 13.2. The maximum Gasteiger partial charge on any atom is 0.124 e. The van der Waals surface area contributed by atoms with E-state index < -0.39 is 0 Å². The molecular formula is C16H16Br2FN. The Kier molecular flexibility index (Phi) is 5.75. The molecule has 0 aromatic heterocycles. The van der Waals surface area contributed by atoms with Gasteiger partial charge in [-0.25, -0.2) is 4.39 Å². The maximum absolute atomic E-state index is 13.2. The molecule has 20 heavy (non-hydrogen) atoms. The third-order valence-corrected chi connectivity index (χ3v) is 4.36. The summed E-state index contributed by atoms with van der Waals surface area (Å²) in [5.74, 6) is -0.223. The van der Waals surface area contributed by atoms with E-state index in [2.05, 4.69) is 56.2 Å². The van der Waals surface area contributed by atoms with Gasteiger partial charge in [0.1, 0.15) is 5.82 Å². The molecule has 1 atom stereocenters. The molecule has 2 aromatic rings. The molecule has 2 aromatic carbocycles. The van der Waals surface area contributed by atoms with Gasteiger partial charge >= 0.3 is 0 Å². The zero-order valence-electron chi connectivity index (χ0n) is 11.2. The van der Waals surface area contributed by atoms with E-state index in [9.17, 15) is 4.39 Å². The fourth-order valence-electron chi connectivity index (χ4n) is 2.18. The molecule has 4 heteroatoms. The summed E-state index contributed by atoms with van der Waals surface area (Å²) < 4.78 is 15.1. The summed E-state index contributed by atoms with van der Waals surface area (Å²) >= 11 is 6.90. The summed E-state index contributed by atoms with van der Waals surface area (Å²) in [5.41, 5.74) is 2.33. The van der Waals surface area contributed by atoms with Crippen molar-refractivity contribution in [2.45, 2.75) is 19.4 Å². The predicted molar refractivity (Wildman–Crippen MR) is 88.4 cm³/mol. The Bertz CT molecular complexity index is 569. The van der Waals surface area contributed by atoms with Crippen LogP contribution in [0, 0.1) is 5.82 Å². The zero-order chi connectivity index (χ0) is 14.5. The first-order chi connectivity index (χ1) is 9.60. The van der Waals surface area contributed by atoms with Crippen LogP contribution in [0.3, 0.4) is 0 Å². The van der Waals surface area contributed by atoms with Crippen molar-refractivity contribution in [1.29, 1.82) is 0 Å². The van der Waals surface area contributed by atoms with Crippen LogP contribution in [0.25, 0.3) is 0 Å². The third-order valence-electron chi connectivity index (χ3n) is 3.14. The number of benzene rings is 2. The fourth-order valence-corrected chi connectivity index (χ4v) is 3.07. The predicted octanol–water partition coefficient (Wildman–Crippen LogP) is 5.24. The van der Waals surface area contributed by atoms with Gasteiger partial charge in [-0.15, -0.1) is 0 Å². The largest absolute Gasteiger partial charge is 0.310 e. The van der Waals surface area contributed by atoms with E-state index in [1.165, 1.54) is 17.7 Å². The van der Waals surface area contributed by atoms with Gasteiger partial charge in [0.05, 0.1) is 0 Å². The average molecular weight is 401 g/mol. The van der Waals surface area contributed by atoms with Gasteiger partial charge in [0.25, 0.3) is 0 Å². The van der Waals surface area contributed by atoms with Crippen LogP contribution in [0.4, 0.5) is 4.39 Å². The number of nitrogens with one attached hydrogen (secondary N) is 1. The lowest BCUT2D eigenvalue weighted by Crippen LogP contribution is -2.23. The minimum absolute atomic E-state index is 0.163. The highest BCUT2D eigenvalue weighted by Crippen LogP contribution is 2.27. The second kappa shape index (κ2) is 7.34. The van der Waals surface area contributed by atoms with Crippen molar-refractivity contribution in [3.63, 3.8) is 0 Å². The number of hydrogen-bond donors (Lipinski definition) is 1. The molecule has 0 heterocycles. The number of halogens is 3. The summed E-state index contributed by atoms with van der Waals surface area (Å²) in [6.45, 7) is 2.94. The van der Waals surface area contributed by atoms with E-state index in [0.717, 1.165) is 27.5 Å². The summed E-state index contributed by atoms with van der Waals surface area (Å²) in [7, 11) is 0. The highest BCUT2D eigenvalue weighted by Gasteiger charge is 2.14. The molecule has 0 saturated heterocycles. The van der Waals surface area contributed by atoms with Crippen molar-refractivity contribution in [3.8, 4) is 0 Å². The summed E-state index contributed by atoms with van der Waals surface area (Å²) in [5, 5.41) is 3.46. The number of hydrogen-bond acceptors (Lipinski definition) is 1. The van der Waals surface area contributed by atoms with Crippen molar-refractivity contribution < 1.29 is 4.39 Å². The molecule has 2 rings (SSSR count). The van der Waals surface area contributed by atoms with Crippen LogP contribution in [0.5, 0.6) is 0 Å². The highest BCUT2D eigenvalue weighted by molar-refractivity contribution is 9.10. The molecular weight excluding hydrogens is 385 g/mol. The van der Waals surface area contributed by atoms with Gasteiger partial charge in [0.15, 0.2) is 0 Å². The van der Waals surface area contributed by atoms with E-state index >= 15 is 0 Å². The molecule has 0 aliphatic heterocycles. The van der Waals surface area contributed by atoms with Crippen LogP contribution in [-0.4, -0.2) is 6.54 Å². The van der Waals surface area contributed by atoms with Crippen molar-refractivity contribution in [2.24, 2.45) is 0 Å². The third kappa shape index (κ3) is 4.14. The molecule has 0 radical (unpaired) electrons. The van der Waals surface area contributed by atoms with Gasteiger partial charge < -0.3 is 5.32 Å². The Morgan fingerprint density at radius 2 is 1.80 bits per heavy atom. The molecule has 0 saturated carbocycles. The van der Waals surface area contributed by atoms with E-state index in [1.54, 1.807) is 0 Å². The summed E-state index contributed by atoms with van der Waals surface area (Å²) in [6, 6.07) is 13.3. The molecule has 0 aliphatic carbocycles. The van der Waals surface area contributed by atoms with E-state index in [0.29, 0.717) is 0 Å². The van der Waals surface area contributed by atoms with E-state index in [-0.39, 0.29) is 11.9 Å². The molecule has 0 spiro atoms. The van der Waals surface area contributed by atoms with Crippen LogP contribution >= 0.6 is 31.9 Å². The van der Waals surface area contributed by atoms with Crippen molar-refractivity contribution >= 4 is 31.9 Å². The van der Waals surface area contributed by atoms with Gasteiger partial charge in [-0.05, 0) is 48.4 Å². The molecule has 1 N–H and O–H groups in total. The minimum Gasteiger partial charge on any atom is -0.310 e. The van der Waals surface area contributed by atoms with Crippen molar-refractivity contribution in [1.82, 2.24) is 5.32 Å². The van der Waals surface area contributed by atoms with Crippen molar-refractivity contribution in [3.05, 3.63) is 68.4 Å². The Morgan fingerprint density at radius 1 is 1.10 bits per heavy atom. The fraction of sp³-hybridized carbons (Fsp3) is 0.250. The van der Waals surface area contributed by atoms with Gasteiger partial charge in [-0.1, -0.05) is 57.0 Å². The molecule has 0 bridgehead atoms. The number of likely N-dealkylation sites (N-methyl/N-ethyl adjacent to an activating group) is 1.